The summed E-state index contributed by atoms with van der Waals surface area (Å²) < 4.78 is 0. The van der Waals surface area contributed by atoms with Crippen molar-refractivity contribution < 1.29 is 4.84 Å². The molecule has 0 bridgehead atoms. The molecule has 3 heteroatoms. The van der Waals surface area contributed by atoms with E-state index in [-0.39, 0.29) is 16.2 Å². The van der Waals surface area contributed by atoms with Crippen molar-refractivity contribution in [2.45, 2.75) is 78.6 Å². The second-order valence-electron chi connectivity index (χ2n) is 8.82. The summed E-state index contributed by atoms with van der Waals surface area (Å²) >= 11 is 0. The van der Waals surface area contributed by atoms with Gasteiger partial charge in [0.15, 0.2) is 11.1 Å². The molecule has 0 atom stereocenters. The Bertz CT molecular complexity index is 491. The molecule has 0 fully saturated rings. The van der Waals surface area contributed by atoms with Crippen LogP contribution in [0.2, 0.25) is 0 Å². The lowest BCUT2D eigenvalue weighted by molar-refractivity contribution is 0.313. The van der Waals surface area contributed by atoms with E-state index >= 15 is 0 Å². The van der Waals surface area contributed by atoms with E-state index in [9.17, 15) is 4.91 Å². The summed E-state index contributed by atoms with van der Waals surface area (Å²) in [5, 5.41) is 2.70. The molecule has 1 aromatic carbocycles. The molecular weight excluding hydrogens is 262 g/mol. The number of hydrogen-bond donors (Lipinski definition) is 0. The molecule has 1 rings (SSSR count). The first-order chi connectivity index (χ1) is 9.28. The first kappa shape index (κ1) is 17.7. The van der Waals surface area contributed by atoms with Crippen LogP contribution in [0.4, 0.5) is 0 Å². The Morgan fingerprint density at radius 1 is 0.762 bits per heavy atom. The van der Waals surface area contributed by atoms with Gasteiger partial charge in [0.05, 0.1) is 0 Å². The first-order valence-electron chi connectivity index (χ1n) is 7.47. The topological polar surface area (TPSA) is 38.7 Å². The highest BCUT2D eigenvalue weighted by atomic mass is 16.7. The maximum Gasteiger partial charge on any atom is 0.168 e. The number of nitrogens with zero attached hydrogens (tertiary/aromatic N) is 1. The molecule has 0 aromatic heterocycles. The van der Waals surface area contributed by atoms with E-state index in [1.165, 1.54) is 5.56 Å². The van der Waals surface area contributed by atoms with Gasteiger partial charge in [0.25, 0.3) is 0 Å². The van der Waals surface area contributed by atoms with Crippen LogP contribution in [0, 0.1) is 4.91 Å². The molecule has 0 N–H and O–H groups in total. The average Bonchev–Trinajstić information content (AvgIpc) is 2.24. The highest BCUT2D eigenvalue weighted by molar-refractivity contribution is 5.52. The van der Waals surface area contributed by atoms with Crippen molar-refractivity contribution in [3.63, 3.8) is 0 Å². The third-order valence-corrected chi connectivity index (χ3v) is 3.70. The Kier molecular flexibility index (Phi) is 4.57. The minimum Gasteiger partial charge on any atom is -0.323 e. The van der Waals surface area contributed by atoms with Gasteiger partial charge in [-0.3, -0.25) is 0 Å². The molecule has 0 aliphatic rings. The average molecular weight is 291 g/mol. The van der Waals surface area contributed by atoms with Crippen LogP contribution in [0.15, 0.2) is 17.5 Å². The maximum atomic E-state index is 10.7. The molecule has 0 saturated heterocycles. The lowest BCUT2D eigenvalue weighted by Crippen LogP contribution is -2.22. The monoisotopic (exact) mass is 291 g/mol. The minimum atomic E-state index is -0.124. The van der Waals surface area contributed by atoms with Gasteiger partial charge in [-0.05, 0) is 21.8 Å². The van der Waals surface area contributed by atoms with Gasteiger partial charge in [0, 0.05) is 11.1 Å². The highest BCUT2D eigenvalue weighted by Crippen LogP contribution is 2.42. The van der Waals surface area contributed by atoms with Crippen LogP contribution in [-0.2, 0) is 16.2 Å². The van der Waals surface area contributed by atoms with Crippen LogP contribution in [-0.4, -0.2) is 0 Å². The number of benzene rings is 1. The number of hydrogen-bond acceptors (Lipinski definition) is 3. The Morgan fingerprint density at radius 3 is 1.38 bits per heavy atom. The van der Waals surface area contributed by atoms with Gasteiger partial charge in [0.1, 0.15) is 0 Å². The van der Waals surface area contributed by atoms with Crippen molar-refractivity contribution >= 4 is 0 Å². The molecule has 3 nitrogen and oxygen atoms in total. The Hall–Kier alpha value is -1.38. The van der Waals surface area contributed by atoms with Gasteiger partial charge in [0.2, 0.25) is 0 Å². The van der Waals surface area contributed by atoms with Crippen LogP contribution in [0.5, 0.6) is 5.75 Å². The fraction of sp³-hybridized carbons (Fsp3) is 0.667. The molecule has 1 aromatic rings. The molecule has 118 valence electrons. The standard InChI is InChI=1S/C18H29NO2/c1-16(2,3)12-10-13(17(4,5)6)15(21-19-20)14(11-12)18(7,8)9/h10-11H,1-9H3. The molecule has 0 aliphatic carbocycles. The number of rotatable bonds is 2. The lowest BCUT2D eigenvalue weighted by Gasteiger charge is -2.31. The van der Waals surface area contributed by atoms with E-state index in [1.54, 1.807) is 0 Å². The third-order valence-electron chi connectivity index (χ3n) is 3.70. The van der Waals surface area contributed by atoms with Crippen LogP contribution < -0.4 is 4.84 Å². The van der Waals surface area contributed by atoms with E-state index in [1.807, 2.05) is 0 Å². The zero-order chi connectivity index (χ0) is 16.6. The molecule has 0 spiro atoms. The summed E-state index contributed by atoms with van der Waals surface area (Å²) in [7, 11) is 0. The van der Waals surface area contributed by atoms with Crippen molar-refractivity contribution in [3.05, 3.63) is 33.7 Å². The van der Waals surface area contributed by atoms with Gasteiger partial charge < -0.3 is 4.84 Å². The van der Waals surface area contributed by atoms with Gasteiger partial charge in [-0.15, -0.1) is 4.91 Å². The fourth-order valence-corrected chi connectivity index (χ4v) is 2.31. The second kappa shape index (κ2) is 5.43. The van der Waals surface area contributed by atoms with Crippen molar-refractivity contribution in [2.75, 3.05) is 0 Å². The smallest absolute Gasteiger partial charge is 0.168 e. The normalized spacial score (nSPS) is 13.2. The Balaban J connectivity index is 3.79. The van der Waals surface area contributed by atoms with Crippen molar-refractivity contribution in [1.82, 2.24) is 0 Å². The van der Waals surface area contributed by atoms with Crippen LogP contribution in [0.3, 0.4) is 0 Å². The minimum absolute atomic E-state index is 0.0349. The van der Waals surface area contributed by atoms with Crippen LogP contribution in [0.25, 0.3) is 0 Å². The second-order valence-corrected chi connectivity index (χ2v) is 8.82. The molecule has 0 heterocycles. The fourth-order valence-electron chi connectivity index (χ4n) is 2.31. The summed E-state index contributed by atoms with van der Waals surface area (Å²) in [6, 6.07) is 4.30. The van der Waals surface area contributed by atoms with E-state index in [4.69, 9.17) is 4.84 Å². The predicted molar refractivity (Wildman–Crippen MR) is 89.0 cm³/mol. The summed E-state index contributed by atoms with van der Waals surface area (Å²) in [6.07, 6.45) is 0. The van der Waals surface area contributed by atoms with E-state index in [0.717, 1.165) is 11.1 Å². The zero-order valence-electron chi connectivity index (χ0n) is 14.9. The predicted octanol–water partition coefficient (Wildman–Crippen LogP) is 5.64. The summed E-state index contributed by atoms with van der Waals surface area (Å²) in [5.74, 6) is 0.609. The van der Waals surface area contributed by atoms with Crippen LogP contribution >= 0.6 is 0 Å². The van der Waals surface area contributed by atoms with Crippen molar-refractivity contribution in [1.29, 1.82) is 0 Å². The first-order valence-corrected chi connectivity index (χ1v) is 7.47. The molecule has 21 heavy (non-hydrogen) atoms. The molecule has 0 saturated carbocycles. The molecular formula is C18H29NO2. The van der Waals surface area contributed by atoms with E-state index in [0.29, 0.717) is 5.75 Å². The Morgan fingerprint density at radius 2 is 1.14 bits per heavy atom. The lowest BCUT2D eigenvalue weighted by atomic mass is 9.75. The van der Waals surface area contributed by atoms with Gasteiger partial charge >= 0.3 is 0 Å². The zero-order valence-corrected chi connectivity index (χ0v) is 14.9. The maximum absolute atomic E-state index is 10.7. The molecule has 0 amide bonds. The van der Waals surface area contributed by atoms with E-state index < -0.39 is 0 Å². The van der Waals surface area contributed by atoms with Crippen molar-refractivity contribution in [2.24, 2.45) is 5.34 Å². The van der Waals surface area contributed by atoms with Crippen LogP contribution in [0.1, 0.15) is 79.0 Å². The summed E-state index contributed by atoms with van der Waals surface area (Å²) in [6.45, 7) is 19.3. The highest BCUT2D eigenvalue weighted by Gasteiger charge is 2.30. The summed E-state index contributed by atoms with van der Waals surface area (Å²) in [4.78, 5) is 15.9. The van der Waals surface area contributed by atoms with Crippen molar-refractivity contribution in [3.8, 4) is 5.75 Å². The third kappa shape index (κ3) is 4.05. The van der Waals surface area contributed by atoms with Gasteiger partial charge in [-0.1, -0.05) is 74.4 Å². The quantitative estimate of drug-likeness (QED) is 0.522. The largest absolute Gasteiger partial charge is 0.323 e. The van der Waals surface area contributed by atoms with E-state index in [2.05, 4.69) is 79.8 Å². The van der Waals surface area contributed by atoms with Gasteiger partial charge in [-0.25, -0.2) is 0 Å². The Labute approximate surface area is 129 Å². The summed E-state index contributed by atoms with van der Waals surface area (Å²) in [5.41, 5.74) is 3.09. The SMILES string of the molecule is CC(C)(C)c1cc(C(C)(C)C)c(ON=O)c(C(C)(C)C)c1. The molecule has 0 radical (unpaired) electrons. The molecule has 0 aliphatic heterocycles. The van der Waals surface area contributed by atoms with Gasteiger partial charge in [-0.2, -0.15) is 0 Å². The molecule has 0 unspecified atom stereocenters.